The monoisotopic (exact) mass is 456 g/mol. The van der Waals surface area contributed by atoms with Crippen LogP contribution in [0.4, 0.5) is 0 Å². The van der Waals surface area contributed by atoms with Gasteiger partial charge in [0, 0.05) is 8.95 Å². The average molecular weight is 458 g/mol. The molecule has 0 saturated heterocycles. The lowest BCUT2D eigenvalue weighted by atomic mass is 10.3. The van der Waals surface area contributed by atoms with Crippen LogP contribution in [0.25, 0.3) is 0 Å². The molecule has 2 aromatic carbocycles. The van der Waals surface area contributed by atoms with Gasteiger partial charge in [-0.05, 0) is 48.5 Å². The van der Waals surface area contributed by atoms with Crippen molar-refractivity contribution in [1.82, 2.24) is 10.9 Å². The molecule has 2 N–H and O–H groups in total. The average Bonchev–Trinajstić information content (AvgIpc) is 2.59. The first kappa shape index (κ1) is 18.3. The van der Waals surface area contributed by atoms with Gasteiger partial charge in [0.05, 0.1) is 0 Å². The van der Waals surface area contributed by atoms with Crippen LogP contribution in [-0.2, 0) is 9.59 Å². The first-order chi connectivity index (χ1) is 11.5. The Kier molecular flexibility index (Phi) is 7.07. The van der Waals surface area contributed by atoms with E-state index in [1.807, 2.05) is 0 Å². The molecule has 0 saturated carbocycles. The smallest absolute Gasteiger partial charge is 0.276 e. The van der Waals surface area contributed by atoms with Crippen molar-refractivity contribution in [2.45, 2.75) is 0 Å². The fourth-order valence-electron chi connectivity index (χ4n) is 1.57. The topological polar surface area (TPSA) is 76.7 Å². The summed E-state index contributed by atoms with van der Waals surface area (Å²) in [6, 6.07) is 14.1. The number of carbonyl (C=O) groups excluding carboxylic acids is 2. The van der Waals surface area contributed by atoms with Crippen LogP contribution in [0.2, 0.25) is 0 Å². The third-order valence-electron chi connectivity index (χ3n) is 2.71. The molecule has 6 nitrogen and oxygen atoms in total. The lowest BCUT2D eigenvalue weighted by Crippen LogP contribution is -2.45. The van der Waals surface area contributed by atoms with Crippen molar-refractivity contribution < 1.29 is 19.1 Å². The molecule has 0 atom stereocenters. The number of nitrogens with one attached hydrogen (secondary N) is 2. The number of benzene rings is 2. The zero-order valence-electron chi connectivity index (χ0n) is 12.4. The van der Waals surface area contributed by atoms with Crippen molar-refractivity contribution in [1.29, 1.82) is 0 Å². The molecular weight excluding hydrogens is 444 g/mol. The third-order valence-corrected chi connectivity index (χ3v) is 3.77. The van der Waals surface area contributed by atoms with Gasteiger partial charge in [-0.15, -0.1) is 0 Å². The molecule has 0 unspecified atom stereocenters. The molecule has 0 aliphatic rings. The van der Waals surface area contributed by atoms with Gasteiger partial charge in [0.2, 0.25) is 0 Å². The van der Waals surface area contributed by atoms with E-state index in [4.69, 9.17) is 9.47 Å². The summed E-state index contributed by atoms with van der Waals surface area (Å²) < 4.78 is 12.4. The summed E-state index contributed by atoms with van der Waals surface area (Å²) in [5.41, 5.74) is 4.50. The first-order valence-electron chi connectivity index (χ1n) is 6.87. The summed E-state index contributed by atoms with van der Waals surface area (Å²) in [6.45, 7) is -0.426. The molecular formula is C16H14Br2N2O4. The van der Waals surface area contributed by atoms with Crippen LogP contribution < -0.4 is 20.3 Å². The van der Waals surface area contributed by atoms with Gasteiger partial charge in [0.15, 0.2) is 13.2 Å². The summed E-state index contributed by atoms with van der Waals surface area (Å²) in [5, 5.41) is 0. The second kappa shape index (κ2) is 9.29. The van der Waals surface area contributed by atoms with E-state index in [1.165, 1.54) is 0 Å². The molecule has 0 spiro atoms. The van der Waals surface area contributed by atoms with Gasteiger partial charge >= 0.3 is 0 Å². The predicted molar refractivity (Wildman–Crippen MR) is 95.6 cm³/mol. The Morgan fingerprint density at radius 1 is 0.708 bits per heavy atom. The summed E-state index contributed by atoms with van der Waals surface area (Å²) >= 11 is 6.61. The Bertz CT molecular complexity index is 629. The predicted octanol–water partition coefficient (Wildman–Crippen LogP) is 2.82. The third kappa shape index (κ3) is 6.59. The van der Waals surface area contributed by atoms with Gasteiger partial charge in [-0.1, -0.05) is 31.9 Å². The lowest BCUT2D eigenvalue weighted by molar-refractivity contribution is -0.131. The van der Waals surface area contributed by atoms with Gasteiger partial charge in [0.25, 0.3) is 11.8 Å². The number of hydrazine groups is 1. The van der Waals surface area contributed by atoms with Crippen LogP contribution in [0.3, 0.4) is 0 Å². The molecule has 0 aliphatic carbocycles. The fraction of sp³-hybridized carbons (Fsp3) is 0.125. The molecule has 8 heteroatoms. The van der Waals surface area contributed by atoms with Gasteiger partial charge in [-0.2, -0.15) is 0 Å². The van der Waals surface area contributed by atoms with Crippen molar-refractivity contribution in [3.8, 4) is 11.5 Å². The van der Waals surface area contributed by atoms with E-state index in [1.54, 1.807) is 48.5 Å². The number of halogens is 2. The second-order valence-corrected chi connectivity index (χ2v) is 6.41. The molecule has 126 valence electrons. The zero-order valence-corrected chi connectivity index (χ0v) is 15.6. The molecule has 2 rings (SSSR count). The molecule has 0 bridgehead atoms. The highest BCUT2D eigenvalue weighted by Crippen LogP contribution is 2.16. The normalized spacial score (nSPS) is 9.92. The van der Waals surface area contributed by atoms with Gasteiger partial charge < -0.3 is 9.47 Å². The van der Waals surface area contributed by atoms with E-state index in [2.05, 4.69) is 42.7 Å². The second-order valence-electron chi connectivity index (χ2n) is 4.58. The first-order valence-corrected chi connectivity index (χ1v) is 8.46. The maximum absolute atomic E-state index is 11.6. The molecule has 2 aromatic rings. The van der Waals surface area contributed by atoms with E-state index in [0.29, 0.717) is 11.5 Å². The Labute approximate surface area is 155 Å². The highest BCUT2D eigenvalue weighted by Gasteiger charge is 2.06. The van der Waals surface area contributed by atoms with Crippen molar-refractivity contribution in [3.63, 3.8) is 0 Å². The summed E-state index contributed by atoms with van der Waals surface area (Å²) in [5.74, 6) is 0.154. The van der Waals surface area contributed by atoms with Crippen LogP contribution in [-0.4, -0.2) is 25.0 Å². The molecule has 0 heterocycles. The van der Waals surface area contributed by atoms with Crippen LogP contribution in [0.5, 0.6) is 11.5 Å². The Morgan fingerprint density at radius 2 is 1.04 bits per heavy atom. The molecule has 0 fully saturated rings. The number of ether oxygens (including phenoxy) is 2. The van der Waals surface area contributed by atoms with Gasteiger partial charge in [-0.25, -0.2) is 0 Å². The van der Waals surface area contributed by atoms with Gasteiger partial charge in [0.1, 0.15) is 11.5 Å². The molecule has 24 heavy (non-hydrogen) atoms. The van der Waals surface area contributed by atoms with Crippen molar-refractivity contribution in [2.75, 3.05) is 13.2 Å². The summed E-state index contributed by atoms with van der Waals surface area (Å²) in [7, 11) is 0. The largest absolute Gasteiger partial charge is 0.484 e. The number of rotatable bonds is 6. The van der Waals surface area contributed by atoms with Crippen LogP contribution in [0, 0.1) is 0 Å². The molecule has 0 aromatic heterocycles. The van der Waals surface area contributed by atoms with E-state index < -0.39 is 11.8 Å². The van der Waals surface area contributed by atoms with Crippen molar-refractivity contribution in [3.05, 3.63) is 57.5 Å². The van der Waals surface area contributed by atoms with Gasteiger partial charge in [-0.3, -0.25) is 20.4 Å². The fourth-order valence-corrected chi connectivity index (χ4v) is 2.10. The quantitative estimate of drug-likeness (QED) is 0.654. The molecule has 2 amide bonds. The standard InChI is InChI=1S/C16H14Br2N2O4/c17-11-1-5-13(6-2-11)23-9-15(21)19-20-16(22)10-24-14-7-3-12(18)4-8-14/h1-8H,9-10H2,(H,19,21)(H,20,22). The van der Waals surface area contributed by atoms with E-state index in [-0.39, 0.29) is 13.2 Å². The number of amides is 2. The Morgan fingerprint density at radius 3 is 1.38 bits per heavy atom. The van der Waals surface area contributed by atoms with Crippen LogP contribution in [0.1, 0.15) is 0 Å². The number of hydrogen-bond donors (Lipinski definition) is 2. The Hall–Kier alpha value is -2.06. The van der Waals surface area contributed by atoms with E-state index in [0.717, 1.165) is 8.95 Å². The molecule has 0 aliphatic heterocycles. The van der Waals surface area contributed by atoms with Crippen molar-refractivity contribution in [2.24, 2.45) is 0 Å². The maximum Gasteiger partial charge on any atom is 0.276 e. The van der Waals surface area contributed by atoms with Crippen molar-refractivity contribution >= 4 is 43.7 Å². The number of carbonyl (C=O) groups is 2. The number of hydrogen-bond acceptors (Lipinski definition) is 4. The summed E-state index contributed by atoms with van der Waals surface area (Å²) in [4.78, 5) is 23.2. The lowest BCUT2D eigenvalue weighted by Gasteiger charge is -2.10. The van der Waals surface area contributed by atoms with E-state index >= 15 is 0 Å². The highest BCUT2D eigenvalue weighted by molar-refractivity contribution is 9.10. The minimum Gasteiger partial charge on any atom is -0.484 e. The van der Waals surface area contributed by atoms with Crippen LogP contribution in [0.15, 0.2) is 57.5 Å². The SMILES string of the molecule is O=C(COc1ccc(Br)cc1)NNC(=O)COc1ccc(Br)cc1. The maximum atomic E-state index is 11.6. The summed E-state index contributed by atoms with van der Waals surface area (Å²) in [6.07, 6.45) is 0. The Balaban J connectivity index is 1.64. The molecule has 0 radical (unpaired) electrons. The zero-order chi connectivity index (χ0) is 17.4. The minimum atomic E-state index is -0.477. The van der Waals surface area contributed by atoms with Crippen LogP contribution >= 0.6 is 31.9 Å². The van der Waals surface area contributed by atoms with E-state index in [9.17, 15) is 9.59 Å². The minimum absolute atomic E-state index is 0.213. The highest BCUT2D eigenvalue weighted by atomic mass is 79.9.